The smallest absolute Gasteiger partial charge is 0.345 e. The lowest BCUT2D eigenvalue weighted by atomic mass is 9.82. The molecule has 1 unspecified atom stereocenters. The lowest BCUT2D eigenvalue weighted by Crippen LogP contribution is -2.55. The summed E-state index contributed by atoms with van der Waals surface area (Å²) in [5.74, 6) is 0.164. The normalized spacial score (nSPS) is 27.1. The van der Waals surface area contributed by atoms with Crippen molar-refractivity contribution in [1.29, 1.82) is 0 Å². The summed E-state index contributed by atoms with van der Waals surface area (Å²) in [6.45, 7) is 3.66. The molecule has 0 aromatic carbocycles. The van der Waals surface area contributed by atoms with E-state index in [4.69, 9.17) is 0 Å². The Balaban J connectivity index is 1.69. The standard InChI is InChI=1S/C17H25N3O3/c1-10-15(11(2)19-17(23)18-10)6-7-16(22)20-12-4-3-5-13(20)9-14(21)8-12/h12-14,21H,3-9H2,1-2H3,(H,18,19,23)/t12-,13+,14?. The van der Waals surface area contributed by atoms with Crippen LogP contribution in [0.15, 0.2) is 4.79 Å². The number of carbonyl (C=O) groups is 1. The molecule has 0 spiro atoms. The zero-order valence-electron chi connectivity index (χ0n) is 13.8. The lowest BCUT2D eigenvalue weighted by Gasteiger charge is -2.48. The van der Waals surface area contributed by atoms with Crippen LogP contribution in [0, 0.1) is 13.8 Å². The number of carbonyl (C=O) groups excluding carboxylic acids is 1. The van der Waals surface area contributed by atoms with Gasteiger partial charge in [0.15, 0.2) is 0 Å². The van der Waals surface area contributed by atoms with Crippen molar-refractivity contribution in [3.05, 3.63) is 27.4 Å². The number of hydrogen-bond donors (Lipinski definition) is 2. The highest BCUT2D eigenvalue weighted by Crippen LogP contribution is 2.34. The Labute approximate surface area is 135 Å². The monoisotopic (exact) mass is 319 g/mol. The SMILES string of the molecule is Cc1nc(=O)[nH]c(C)c1CCC(=O)N1[C@@H]2CCC[C@H]1CC(O)C2. The minimum Gasteiger partial charge on any atom is -0.393 e. The van der Waals surface area contributed by atoms with Crippen molar-refractivity contribution >= 4 is 5.91 Å². The van der Waals surface area contributed by atoms with Crippen molar-refractivity contribution < 1.29 is 9.90 Å². The van der Waals surface area contributed by atoms with Crippen LogP contribution in [0.5, 0.6) is 0 Å². The molecule has 23 heavy (non-hydrogen) atoms. The minimum absolute atomic E-state index is 0.164. The van der Waals surface area contributed by atoms with Crippen molar-refractivity contribution in [2.45, 2.75) is 77.0 Å². The molecule has 0 aliphatic carbocycles. The number of rotatable bonds is 3. The molecule has 0 radical (unpaired) electrons. The number of amides is 1. The number of aryl methyl sites for hydroxylation is 2. The highest BCUT2D eigenvalue weighted by Gasteiger charge is 2.39. The van der Waals surface area contributed by atoms with Gasteiger partial charge in [-0.3, -0.25) is 4.79 Å². The van der Waals surface area contributed by atoms with Gasteiger partial charge in [0.1, 0.15) is 0 Å². The molecule has 6 heteroatoms. The number of aliphatic hydroxyl groups is 1. The third kappa shape index (κ3) is 3.32. The molecule has 126 valence electrons. The quantitative estimate of drug-likeness (QED) is 0.877. The van der Waals surface area contributed by atoms with Gasteiger partial charge < -0.3 is 15.0 Å². The first-order valence-electron chi connectivity index (χ1n) is 8.51. The van der Waals surface area contributed by atoms with Crippen LogP contribution >= 0.6 is 0 Å². The Morgan fingerprint density at radius 1 is 1.30 bits per heavy atom. The first-order chi connectivity index (χ1) is 11.0. The Morgan fingerprint density at radius 3 is 2.57 bits per heavy atom. The van der Waals surface area contributed by atoms with Crippen LogP contribution in [0.3, 0.4) is 0 Å². The molecule has 6 nitrogen and oxygen atoms in total. The fraction of sp³-hybridized carbons (Fsp3) is 0.706. The summed E-state index contributed by atoms with van der Waals surface area (Å²) >= 11 is 0. The number of H-pyrrole nitrogens is 1. The minimum atomic E-state index is -0.338. The average Bonchev–Trinajstić information content (AvgIpc) is 2.44. The molecule has 3 atom stereocenters. The van der Waals surface area contributed by atoms with Crippen LogP contribution in [-0.4, -0.2) is 44.1 Å². The molecular formula is C17H25N3O3. The Kier molecular flexibility index (Phi) is 4.53. The first-order valence-corrected chi connectivity index (χ1v) is 8.51. The maximum absolute atomic E-state index is 12.7. The predicted octanol–water partition coefficient (Wildman–Crippen LogP) is 1.22. The van der Waals surface area contributed by atoms with E-state index in [0.29, 0.717) is 31.4 Å². The fourth-order valence-corrected chi connectivity index (χ4v) is 4.24. The second kappa shape index (κ2) is 6.43. The second-order valence-electron chi connectivity index (χ2n) is 6.90. The second-order valence-corrected chi connectivity index (χ2v) is 6.90. The van der Waals surface area contributed by atoms with Gasteiger partial charge in [0.05, 0.1) is 6.10 Å². The van der Waals surface area contributed by atoms with E-state index in [2.05, 4.69) is 9.97 Å². The number of nitrogens with one attached hydrogen (secondary N) is 1. The summed E-state index contributed by atoms with van der Waals surface area (Å²) in [6.07, 6.45) is 5.32. The Morgan fingerprint density at radius 2 is 1.96 bits per heavy atom. The molecule has 3 rings (SSSR count). The summed E-state index contributed by atoms with van der Waals surface area (Å²) in [4.78, 5) is 32.7. The van der Waals surface area contributed by atoms with Gasteiger partial charge in [-0.25, -0.2) is 4.79 Å². The maximum atomic E-state index is 12.7. The number of aromatic nitrogens is 2. The van der Waals surface area contributed by atoms with E-state index in [1.54, 1.807) is 0 Å². The Hall–Kier alpha value is -1.69. The highest BCUT2D eigenvalue weighted by atomic mass is 16.3. The summed E-state index contributed by atoms with van der Waals surface area (Å²) < 4.78 is 0. The van der Waals surface area contributed by atoms with Gasteiger partial charge in [-0.1, -0.05) is 0 Å². The van der Waals surface area contributed by atoms with E-state index in [0.717, 1.165) is 30.5 Å². The van der Waals surface area contributed by atoms with Crippen molar-refractivity contribution in [2.24, 2.45) is 0 Å². The van der Waals surface area contributed by atoms with E-state index in [1.807, 2.05) is 18.7 Å². The van der Waals surface area contributed by atoms with E-state index in [9.17, 15) is 14.7 Å². The van der Waals surface area contributed by atoms with Crippen LogP contribution in [0.2, 0.25) is 0 Å². The van der Waals surface area contributed by atoms with Crippen LogP contribution in [-0.2, 0) is 11.2 Å². The summed E-state index contributed by atoms with van der Waals surface area (Å²) in [7, 11) is 0. The fourth-order valence-electron chi connectivity index (χ4n) is 4.24. The highest BCUT2D eigenvalue weighted by molar-refractivity contribution is 5.77. The van der Waals surface area contributed by atoms with E-state index in [1.165, 1.54) is 0 Å². The summed E-state index contributed by atoms with van der Waals surface area (Å²) in [5.41, 5.74) is 2.12. The molecule has 2 aliphatic rings. The number of fused-ring (bicyclic) bond motifs is 2. The van der Waals surface area contributed by atoms with Gasteiger partial charge in [-0.15, -0.1) is 0 Å². The number of nitrogens with zero attached hydrogens (tertiary/aromatic N) is 2. The molecule has 1 amide bonds. The lowest BCUT2D eigenvalue weighted by molar-refractivity contribution is -0.143. The molecule has 1 aromatic heterocycles. The third-order valence-electron chi connectivity index (χ3n) is 5.28. The number of aromatic amines is 1. The average molecular weight is 319 g/mol. The first kappa shape index (κ1) is 16.2. The van der Waals surface area contributed by atoms with Crippen molar-refractivity contribution in [1.82, 2.24) is 14.9 Å². The molecular weight excluding hydrogens is 294 g/mol. The largest absolute Gasteiger partial charge is 0.393 e. The van der Waals surface area contributed by atoms with E-state index in [-0.39, 0.29) is 29.8 Å². The van der Waals surface area contributed by atoms with E-state index >= 15 is 0 Å². The van der Waals surface area contributed by atoms with Crippen LogP contribution in [0.25, 0.3) is 0 Å². The van der Waals surface area contributed by atoms with E-state index < -0.39 is 0 Å². The van der Waals surface area contributed by atoms with Crippen molar-refractivity contribution in [3.63, 3.8) is 0 Å². The molecule has 2 aliphatic heterocycles. The van der Waals surface area contributed by atoms with Gasteiger partial charge >= 0.3 is 5.69 Å². The number of hydrogen-bond acceptors (Lipinski definition) is 4. The topological polar surface area (TPSA) is 86.3 Å². The Bertz CT molecular complexity index is 615. The van der Waals surface area contributed by atoms with Crippen LogP contribution in [0.1, 0.15) is 55.5 Å². The molecule has 1 aromatic rings. The number of aliphatic hydroxyl groups excluding tert-OH is 1. The predicted molar refractivity (Wildman–Crippen MR) is 86.2 cm³/mol. The molecule has 3 heterocycles. The maximum Gasteiger partial charge on any atom is 0.345 e. The summed E-state index contributed by atoms with van der Waals surface area (Å²) in [5, 5.41) is 9.94. The molecule has 2 saturated heterocycles. The van der Waals surface area contributed by atoms with Crippen LogP contribution in [0.4, 0.5) is 0 Å². The van der Waals surface area contributed by atoms with Crippen molar-refractivity contribution in [2.75, 3.05) is 0 Å². The van der Waals surface area contributed by atoms with Gasteiger partial charge in [-0.05, 0) is 57.9 Å². The molecule has 2 fully saturated rings. The number of piperidine rings is 2. The van der Waals surface area contributed by atoms with Gasteiger partial charge in [-0.2, -0.15) is 4.98 Å². The third-order valence-corrected chi connectivity index (χ3v) is 5.28. The van der Waals surface area contributed by atoms with Gasteiger partial charge in [0.25, 0.3) is 0 Å². The zero-order chi connectivity index (χ0) is 16.6. The molecule has 2 bridgehead atoms. The zero-order valence-corrected chi connectivity index (χ0v) is 13.8. The molecule has 0 saturated carbocycles. The van der Waals surface area contributed by atoms with Gasteiger partial charge in [0.2, 0.25) is 5.91 Å². The van der Waals surface area contributed by atoms with Gasteiger partial charge in [0, 0.05) is 29.9 Å². The van der Waals surface area contributed by atoms with Crippen LogP contribution < -0.4 is 5.69 Å². The molecule has 2 N–H and O–H groups in total. The summed E-state index contributed by atoms with van der Waals surface area (Å²) in [6, 6.07) is 0.391. The van der Waals surface area contributed by atoms with Crippen molar-refractivity contribution in [3.8, 4) is 0 Å².